The molecule has 0 spiro atoms. The minimum Gasteiger partial charge on any atom is -0.497 e. The zero-order valence-electron chi connectivity index (χ0n) is 16.3. The van der Waals surface area contributed by atoms with Crippen LogP contribution in [0.15, 0.2) is 34.8 Å². The maximum absolute atomic E-state index is 12.4. The predicted octanol–water partition coefficient (Wildman–Crippen LogP) is 3.78. The van der Waals surface area contributed by atoms with Gasteiger partial charge in [0.1, 0.15) is 11.6 Å². The topological polar surface area (TPSA) is 81.9 Å². The van der Waals surface area contributed by atoms with Gasteiger partial charge in [-0.05, 0) is 38.5 Å². The van der Waals surface area contributed by atoms with Gasteiger partial charge in [-0.1, -0.05) is 23.9 Å². The fourth-order valence-electron chi connectivity index (χ4n) is 2.61. The monoisotopic (exact) mass is 417 g/mol. The summed E-state index contributed by atoms with van der Waals surface area (Å²) in [7, 11) is 1.65. The van der Waals surface area contributed by atoms with Crippen molar-refractivity contribution in [1.29, 1.82) is 0 Å². The number of amides is 1. The normalized spacial score (nSPS) is 12.0. The summed E-state index contributed by atoms with van der Waals surface area (Å²) in [6, 6.07) is 7.91. The van der Waals surface area contributed by atoms with E-state index in [1.807, 2.05) is 55.0 Å². The Labute approximate surface area is 172 Å². The molecule has 1 atom stereocenters. The van der Waals surface area contributed by atoms with Crippen LogP contribution in [0.1, 0.15) is 30.9 Å². The molecule has 1 aromatic carbocycles. The molecule has 148 valence electrons. The average Bonchev–Trinajstić information content (AvgIpc) is 3.27. The van der Waals surface area contributed by atoms with Crippen LogP contribution in [0.25, 0.3) is 0 Å². The number of carbonyl (C=O) groups is 1. The van der Waals surface area contributed by atoms with Crippen LogP contribution in [0.5, 0.6) is 5.75 Å². The van der Waals surface area contributed by atoms with Crippen molar-refractivity contribution in [2.45, 2.75) is 44.1 Å². The number of nitrogens with one attached hydrogen (secondary N) is 1. The van der Waals surface area contributed by atoms with Crippen molar-refractivity contribution in [2.75, 3.05) is 12.4 Å². The molecule has 3 aromatic rings. The molecule has 9 heteroatoms. The summed E-state index contributed by atoms with van der Waals surface area (Å²) in [4.78, 5) is 16.7. The van der Waals surface area contributed by atoms with Crippen LogP contribution in [0.3, 0.4) is 0 Å². The molecule has 2 heterocycles. The molecule has 0 aliphatic heterocycles. The first kappa shape index (κ1) is 20.3. The maximum atomic E-state index is 12.4. The van der Waals surface area contributed by atoms with Crippen molar-refractivity contribution in [2.24, 2.45) is 0 Å². The van der Waals surface area contributed by atoms with Gasteiger partial charge in [0.2, 0.25) is 5.91 Å². The quantitative estimate of drug-likeness (QED) is 0.562. The summed E-state index contributed by atoms with van der Waals surface area (Å²) in [6.07, 6.45) is 0.671. The smallest absolute Gasteiger partial charge is 0.239 e. The number of methoxy groups -OCH3 is 1. The number of carbonyl (C=O) groups excluding carboxylic acids is 1. The Morgan fingerprint density at radius 2 is 2.07 bits per heavy atom. The van der Waals surface area contributed by atoms with Gasteiger partial charge in [0, 0.05) is 18.3 Å². The SMILES string of the molecule is CCn1c(Cc2ccc(OC)cc2)nnc1S[C@H](C)C(=O)Nc1nc(C)cs1. The second-order valence-electron chi connectivity index (χ2n) is 6.21. The summed E-state index contributed by atoms with van der Waals surface area (Å²) in [5, 5.41) is 14.5. The summed E-state index contributed by atoms with van der Waals surface area (Å²) in [5.41, 5.74) is 2.03. The fraction of sp³-hybridized carbons (Fsp3) is 0.368. The number of rotatable bonds is 8. The van der Waals surface area contributed by atoms with Crippen LogP contribution in [-0.4, -0.2) is 38.0 Å². The van der Waals surface area contributed by atoms with Crippen molar-refractivity contribution in [3.05, 3.63) is 46.7 Å². The Morgan fingerprint density at radius 3 is 2.68 bits per heavy atom. The summed E-state index contributed by atoms with van der Waals surface area (Å²) in [5.74, 6) is 1.60. The molecule has 28 heavy (non-hydrogen) atoms. The lowest BCUT2D eigenvalue weighted by Crippen LogP contribution is -2.23. The van der Waals surface area contributed by atoms with Gasteiger partial charge >= 0.3 is 0 Å². The second-order valence-corrected chi connectivity index (χ2v) is 8.38. The number of aromatic nitrogens is 4. The summed E-state index contributed by atoms with van der Waals surface area (Å²) < 4.78 is 7.25. The van der Waals surface area contributed by atoms with Gasteiger partial charge in [-0.3, -0.25) is 4.79 Å². The van der Waals surface area contributed by atoms with Crippen LogP contribution in [-0.2, 0) is 17.8 Å². The zero-order valence-corrected chi connectivity index (χ0v) is 17.9. The van der Waals surface area contributed by atoms with E-state index < -0.39 is 0 Å². The van der Waals surface area contributed by atoms with E-state index in [-0.39, 0.29) is 11.2 Å². The summed E-state index contributed by atoms with van der Waals surface area (Å²) >= 11 is 2.82. The van der Waals surface area contributed by atoms with E-state index in [1.54, 1.807) is 7.11 Å². The van der Waals surface area contributed by atoms with Crippen LogP contribution in [0.4, 0.5) is 5.13 Å². The first-order chi connectivity index (χ1) is 13.5. The Balaban J connectivity index is 1.67. The lowest BCUT2D eigenvalue weighted by atomic mass is 10.1. The third-order valence-corrected chi connectivity index (χ3v) is 6.09. The Morgan fingerprint density at radius 1 is 1.32 bits per heavy atom. The van der Waals surface area contributed by atoms with Gasteiger partial charge in [-0.15, -0.1) is 21.5 Å². The molecule has 0 saturated heterocycles. The highest BCUT2D eigenvalue weighted by Crippen LogP contribution is 2.25. The minimum absolute atomic E-state index is 0.0956. The third-order valence-electron chi connectivity index (χ3n) is 4.13. The standard InChI is InChI=1S/C19H23N5O2S2/c1-5-24-16(10-14-6-8-15(26-4)9-7-14)22-23-19(24)28-13(3)17(25)21-18-20-12(2)11-27-18/h6-9,11,13H,5,10H2,1-4H3,(H,20,21,25)/t13-/m1/s1. The van der Waals surface area contributed by atoms with E-state index >= 15 is 0 Å². The molecule has 0 aliphatic rings. The van der Waals surface area contributed by atoms with Gasteiger partial charge < -0.3 is 14.6 Å². The molecule has 7 nitrogen and oxygen atoms in total. The van der Waals surface area contributed by atoms with E-state index in [0.29, 0.717) is 11.6 Å². The van der Waals surface area contributed by atoms with Gasteiger partial charge in [-0.25, -0.2) is 4.98 Å². The number of benzene rings is 1. The van der Waals surface area contributed by atoms with Crippen LogP contribution in [0, 0.1) is 6.92 Å². The van der Waals surface area contributed by atoms with Crippen LogP contribution in [0.2, 0.25) is 0 Å². The second kappa shape index (κ2) is 9.20. The highest BCUT2D eigenvalue weighted by atomic mass is 32.2. The fourth-order valence-corrected chi connectivity index (χ4v) is 4.23. The molecule has 3 rings (SSSR count). The summed E-state index contributed by atoms with van der Waals surface area (Å²) in [6.45, 7) is 6.55. The number of ether oxygens (including phenoxy) is 1. The van der Waals surface area contributed by atoms with Gasteiger partial charge in [0.25, 0.3) is 0 Å². The minimum atomic E-state index is -0.312. The molecule has 0 aliphatic carbocycles. The van der Waals surface area contributed by atoms with Crippen molar-refractivity contribution in [1.82, 2.24) is 19.7 Å². The molecule has 0 unspecified atom stereocenters. The number of anilines is 1. The molecule has 1 amide bonds. The highest BCUT2D eigenvalue weighted by Gasteiger charge is 2.20. The number of aryl methyl sites for hydroxylation is 1. The zero-order chi connectivity index (χ0) is 20.1. The lowest BCUT2D eigenvalue weighted by molar-refractivity contribution is -0.115. The number of thioether (sulfide) groups is 1. The lowest BCUT2D eigenvalue weighted by Gasteiger charge is -2.12. The third kappa shape index (κ3) is 4.90. The van der Waals surface area contributed by atoms with Crippen LogP contribution >= 0.6 is 23.1 Å². The Hall–Kier alpha value is -2.39. The highest BCUT2D eigenvalue weighted by molar-refractivity contribution is 8.00. The van der Waals surface area contributed by atoms with Crippen molar-refractivity contribution in [3.63, 3.8) is 0 Å². The van der Waals surface area contributed by atoms with Gasteiger partial charge in [0.05, 0.1) is 18.1 Å². The first-order valence-corrected chi connectivity index (χ1v) is 10.7. The molecule has 2 aromatic heterocycles. The van der Waals surface area contributed by atoms with Crippen LogP contribution < -0.4 is 10.1 Å². The van der Waals surface area contributed by atoms with Gasteiger partial charge in [0.15, 0.2) is 10.3 Å². The van der Waals surface area contributed by atoms with E-state index in [4.69, 9.17) is 4.74 Å². The molecule has 0 saturated carbocycles. The first-order valence-electron chi connectivity index (χ1n) is 8.94. The molecule has 1 N–H and O–H groups in total. The van der Waals surface area contributed by atoms with E-state index in [9.17, 15) is 4.79 Å². The molecular weight excluding hydrogens is 394 g/mol. The van der Waals surface area contributed by atoms with E-state index in [2.05, 4.69) is 20.5 Å². The molecule has 0 radical (unpaired) electrons. The molecule has 0 bridgehead atoms. The molecule has 0 fully saturated rings. The van der Waals surface area contributed by atoms with E-state index in [0.717, 1.165) is 34.5 Å². The van der Waals surface area contributed by atoms with Crippen molar-refractivity contribution >= 4 is 34.1 Å². The number of hydrogen-bond acceptors (Lipinski definition) is 7. The molecular formula is C19H23N5O2S2. The van der Waals surface area contributed by atoms with Gasteiger partial charge in [-0.2, -0.15) is 0 Å². The van der Waals surface area contributed by atoms with Crippen molar-refractivity contribution in [3.8, 4) is 5.75 Å². The van der Waals surface area contributed by atoms with Crippen molar-refractivity contribution < 1.29 is 9.53 Å². The number of hydrogen-bond donors (Lipinski definition) is 1. The number of nitrogens with zero attached hydrogens (tertiary/aromatic N) is 4. The number of thiazole rings is 1. The Kier molecular flexibility index (Phi) is 6.69. The predicted molar refractivity (Wildman–Crippen MR) is 112 cm³/mol. The van der Waals surface area contributed by atoms with E-state index in [1.165, 1.54) is 23.1 Å². The largest absolute Gasteiger partial charge is 0.497 e. The maximum Gasteiger partial charge on any atom is 0.239 e. The Bertz CT molecular complexity index is 936. The average molecular weight is 418 g/mol.